The summed E-state index contributed by atoms with van der Waals surface area (Å²) < 4.78 is 26.3. The van der Waals surface area contributed by atoms with Crippen LogP contribution in [0.2, 0.25) is 5.02 Å². The van der Waals surface area contributed by atoms with Crippen molar-refractivity contribution in [3.05, 3.63) is 33.3 Å². The molecule has 0 N–H and O–H groups in total. The van der Waals surface area contributed by atoms with E-state index in [9.17, 15) is 18.5 Å². The molecule has 0 radical (unpaired) electrons. The molecule has 0 aliphatic rings. The molecule has 0 aliphatic heterocycles. The molecule has 0 aromatic heterocycles. The minimum absolute atomic E-state index is 0.0335. The van der Waals surface area contributed by atoms with Crippen LogP contribution in [0, 0.1) is 10.1 Å². The Labute approximate surface area is 107 Å². The molecular formula is C8H7Cl2NO5S. The summed E-state index contributed by atoms with van der Waals surface area (Å²) in [6, 6.07) is 4.00. The lowest BCUT2D eigenvalue weighted by atomic mass is 10.3. The first-order chi connectivity index (χ1) is 7.81. The number of benzene rings is 1. The third kappa shape index (κ3) is 4.37. The third-order valence-corrected chi connectivity index (χ3v) is 3.13. The number of para-hydroxylation sites is 1. The van der Waals surface area contributed by atoms with Crippen LogP contribution in [0.5, 0.6) is 5.75 Å². The molecule has 0 fully saturated rings. The molecule has 0 saturated carbocycles. The van der Waals surface area contributed by atoms with Crippen LogP contribution in [-0.4, -0.2) is 25.7 Å². The van der Waals surface area contributed by atoms with Crippen LogP contribution in [0.4, 0.5) is 5.69 Å². The maximum absolute atomic E-state index is 10.7. The Morgan fingerprint density at radius 3 is 2.59 bits per heavy atom. The number of rotatable bonds is 5. The first kappa shape index (κ1) is 14.0. The van der Waals surface area contributed by atoms with Crippen molar-refractivity contribution in [1.29, 1.82) is 0 Å². The van der Waals surface area contributed by atoms with Crippen molar-refractivity contribution in [2.75, 3.05) is 12.4 Å². The average Bonchev–Trinajstić information content (AvgIpc) is 2.18. The molecule has 1 rings (SSSR count). The van der Waals surface area contributed by atoms with Gasteiger partial charge in [0.2, 0.25) is 14.8 Å². The number of nitro groups is 1. The Hall–Kier alpha value is -1.05. The summed E-state index contributed by atoms with van der Waals surface area (Å²) in [4.78, 5) is 9.99. The number of nitrogens with zero attached hydrogens (tertiary/aromatic N) is 1. The van der Waals surface area contributed by atoms with Crippen LogP contribution in [0.3, 0.4) is 0 Å². The van der Waals surface area contributed by atoms with E-state index in [0.717, 1.165) is 0 Å². The fourth-order valence-corrected chi connectivity index (χ4v) is 1.72. The Morgan fingerprint density at radius 1 is 1.41 bits per heavy atom. The summed E-state index contributed by atoms with van der Waals surface area (Å²) in [6.45, 7) is -0.309. The van der Waals surface area contributed by atoms with E-state index in [2.05, 4.69) is 0 Å². The van der Waals surface area contributed by atoms with E-state index in [4.69, 9.17) is 27.0 Å². The van der Waals surface area contributed by atoms with Gasteiger partial charge in [-0.2, -0.15) is 0 Å². The smallest absolute Gasteiger partial charge is 0.312 e. The summed E-state index contributed by atoms with van der Waals surface area (Å²) >= 11 is 5.71. The second-order valence-electron chi connectivity index (χ2n) is 2.94. The van der Waals surface area contributed by atoms with Crippen LogP contribution < -0.4 is 4.74 Å². The lowest BCUT2D eigenvalue weighted by Gasteiger charge is -2.06. The molecule has 1 aromatic rings. The van der Waals surface area contributed by atoms with Crippen LogP contribution in [-0.2, 0) is 9.05 Å². The largest absolute Gasteiger partial charge is 0.485 e. The average molecular weight is 300 g/mol. The summed E-state index contributed by atoms with van der Waals surface area (Å²) in [5, 5.41) is 10.7. The van der Waals surface area contributed by atoms with E-state index >= 15 is 0 Å². The Balaban J connectivity index is 2.86. The van der Waals surface area contributed by atoms with Gasteiger partial charge in [0.15, 0.2) is 0 Å². The lowest BCUT2D eigenvalue weighted by molar-refractivity contribution is -0.385. The van der Waals surface area contributed by atoms with Gasteiger partial charge in [-0.3, -0.25) is 10.1 Å². The number of nitro benzene ring substituents is 1. The quantitative estimate of drug-likeness (QED) is 0.472. The maximum atomic E-state index is 10.7. The van der Waals surface area contributed by atoms with Crippen molar-refractivity contribution >= 4 is 37.0 Å². The van der Waals surface area contributed by atoms with Crippen molar-refractivity contribution in [3.8, 4) is 5.75 Å². The second kappa shape index (κ2) is 5.52. The summed E-state index contributed by atoms with van der Waals surface area (Å²) in [5.74, 6) is -0.629. The van der Waals surface area contributed by atoms with Crippen LogP contribution in [0.25, 0.3) is 0 Å². The predicted octanol–water partition coefficient (Wildman–Crippen LogP) is 2.20. The highest BCUT2D eigenvalue weighted by Gasteiger charge is 2.18. The Morgan fingerprint density at radius 2 is 2.06 bits per heavy atom. The van der Waals surface area contributed by atoms with Crippen LogP contribution in [0.1, 0.15) is 0 Å². The van der Waals surface area contributed by atoms with E-state index in [1.807, 2.05) is 0 Å². The lowest BCUT2D eigenvalue weighted by Crippen LogP contribution is -2.10. The van der Waals surface area contributed by atoms with E-state index in [-0.39, 0.29) is 23.1 Å². The fourth-order valence-electron chi connectivity index (χ4n) is 1.03. The minimum Gasteiger partial charge on any atom is -0.485 e. The number of ether oxygens (including phenoxy) is 1. The SMILES string of the molecule is O=[N+]([O-])c1cccc(Cl)c1OCCS(=O)(=O)Cl. The van der Waals surface area contributed by atoms with Crippen molar-refractivity contribution < 1.29 is 18.1 Å². The molecule has 0 spiro atoms. The van der Waals surface area contributed by atoms with Gasteiger partial charge in [-0.15, -0.1) is 0 Å². The standard InChI is InChI=1S/C8H7Cl2NO5S/c9-6-2-1-3-7(11(12)13)8(6)16-4-5-17(10,14)15/h1-3H,4-5H2. The van der Waals surface area contributed by atoms with Gasteiger partial charge in [-0.05, 0) is 6.07 Å². The molecule has 0 aliphatic carbocycles. The monoisotopic (exact) mass is 299 g/mol. The molecule has 0 heterocycles. The van der Waals surface area contributed by atoms with E-state index < -0.39 is 19.7 Å². The summed E-state index contributed by atoms with van der Waals surface area (Å²) in [5.41, 5.74) is -0.329. The maximum Gasteiger partial charge on any atom is 0.312 e. The first-order valence-corrected chi connectivity index (χ1v) is 7.15. The van der Waals surface area contributed by atoms with Gasteiger partial charge in [0.1, 0.15) is 6.61 Å². The number of hydrogen-bond donors (Lipinski definition) is 0. The normalized spacial score (nSPS) is 11.2. The van der Waals surface area contributed by atoms with E-state index in [1.54, 1.807) is 0 Å². The summed E-state index contributed by atoms with van der Waals surface area (Å²) in [7, 11) is 1.26. The molecule has 6 nitrogen and oxygen atoms in total. The molecule has 0 saturated heterocycles. The number of halogens is 2. The van der Waals surface area contributed by atoms with E-state index in [1.165, 1.54) is 18.2 Å². The third-order valence-electron chi connectivity index (χ3n) is 1.72. The van der Waals surface area contributed by atoms with Crippen LogP contribution in [0.15, 0.2) is 18.2 Å². The summed E-state index contributed by atoms with van der Waals surface area (Å²) in [6.07, 6.45) is 0. The zero-order chi connectivity index (χ0) is 13.1. The van der Waals surface area contributed by atoms with Gasteiger partial charge in [0, 0.05) is 16.7 Å². The zero-order valence-electron chi connectivity index (χ0n) is 8.30. The van der Waals surface area contributed by atoms with Gasteiger partial charge < -0.3 is 4.74 Å². The zero-order valence-corrected chi connectivity index (χ0v) is 10.6. The second-order valence-corrected chi connectivity index (χ2v) is 6.24. The predicted molar refractivity (Wildman–Crippen MR) is 63.2 cm³/mol. The van der Waals surface area contributed by atoms with Gasteiger partial charge in [-0.25, -0.2) is 8.42 Å². The highest BCUT2D eigenvalue weighted by atomic mass is 35.7. The molecule has 0 bridgehead atoms. The van der Waals surface area contributed by atoms with Crippen molar-refractivity contribution in [2.45, 2.75) is 0 Å². The Kier molecular flexibility index (Phi) is 4.55. The van der Waals surface area contributed by atoms with Gasteiger partial charge in [0.05, 0.1) is 15.7 Å². The highest BCUT2D eigenvalue weighted by Crippen LogP contribution is 2.34. The highest BCUT2D eigenvalue weighted by molar-refractivity contribution is 8.13. The molecular weight excluding hydrogens is 293 g/mol. The van der Waals surface area contributed by atoms with Crippen molar-refractivity contribution in [1.82, 2.24) is 0 Å². The molecule has 1 aromatic carbocycles. The fraction of sp³-hybridized carbons (Fsp3) is 0.250. The van der Waals surface area contributed by atoms with Crippen molar-refractivity contribution in [2.24, 2.45) is 0 Å². The Bertz CT molecular complexity index is 531. The first-order valence-electron chi connectivity index (χ1n) is 4.29. The minimum atomic E-state index is -3.71. The van der Waals surface area contributed by atoms with Crippen LogP contribution >= 0.6 is 22.3 Å². The topological polar surface area (TPSA) is 86.5 Å². The molecule has 0 atom stereocenters. The van der Waals surface area contributed by atoms with Gasteiger partial charge >= 0.3 is 5.69 Å². The van der Waals surface area contributed by atoms with Gasteiger partial charge in [-0.1, -0.05) is 17.7 Å². The van der Waals surface area contributed by atoms with Gasteiger partial charge in [0.25, 0.3) is 0 Å². The van der Waals surface area contributed by atoms with Crippen molar-refractivity contribution in [3.63, 3.8) is 0 Å². The molecule has 0 unspecified atom stereocenters. The van der Waals surface area contributed by atoms with E-state index in [0.29, 0.717) is 0 Å². The molecule has 9 heteroatoms. The molecule has 94 valence electrons. The molecule has 17 heavy (non-hydrogen) atoms. The molecule has 0 amide bonds. The number of hydrogen-bond acceptors (Lipinski definition) is 5.